The summed E-state index contributed by atoms with van der Waals surface area (Å²) in [5, 5.41) is 20.6. The van der Waals surface area contributed by atoms with E-state index >= 15 is 0 Å². The molecule has 2 heteroatoms. The van der Waals surface area contributed by atoms with Crippen LogP contribution >= 0.6 is 0 Å². The minimum atomic E-state index is -1.82. The fourth-order valence-electron chi connectivity index (χ4n) is 2.14. The van der Waals surface area contributed by atoms with Gasteiger partial charge in [0.1, 0.15) is 0 Å². The van der Waals surface area contributed by atoms with Crippen LogP contribution in [0.3, 0.4) is 0 Å². The predicted molar refractivity (Wildman–Crippen MR) is 72.2 cm³/mol. The number of hydrogen-bond acceptors (Lipinski definition) is 2. The lowest BCUT2D eigenvalue weighted by molar-refractivity contribution is -0.168. The lowest BCUT2D eigenvalue weighted by Crippen LogP contribution is -2.29. The maximum Gasteiger partial charge on any atom is 0.194 e. The van der Waals surface area contributed by atoms with Crippen molar-refractivity contribution in [1.82, 2.24) is 0 Å². The van der Waals surface area contributed by atoms with Gasteiger partial charge >= 0.3 is 0 Å². The summed E-state index contributed by atoms with van der Waals surface area (Å²) in [5.41, 5.74) is 3.40. The summed E-state index contributed by atoms with van der Waals surface area (Å²) in [6.45, 7) is 3.84. The van der Waals surface area contributed by atoms with Crippen LogP contribution in [-0.4, -0.2) is 10.2 Å². The molecule has 0 aliphatic rings. The Bertz CT molecular complexity index is 530. The van der Waals surface area contributed by atoms with Gasteiger partial charge in [-0.2, -0.15) is 0 Å². The van der Waals surface area contributed by atoms with Crippen molar-refractivity contribution in [3.8, 4) is 0 Å². The quantitative estimate of drug-likeness (QED) is 0.812. The molecular formula is C16H18O2. The van der Waals surface area contributed by atoms with E-state index in [1.807, 2.05) is 62.4 Å². The van der Waals surface area contributed by atoms with Gasteiger partial charge in [0.05, 0.1) is 0 Å². The maximum atomic E-state index is 10.3. The van der Waals surface area contributed by atoms with Gasteiger partial charge in [-0.1, -0.05) is 54.1 Å². The average molecular weight is 242 g/mol. The van der Waals surface area contributed by atoms with Crippen molar-refractivity contribution in [2.75, 3.05) is 0 Å². The van der Waals surface area contributed by atoms with Gasteiger partial charge in [0, 0.05) is 12.0 Å². The summed E-state index contributed by atoms with van der Waals surface area (Å²) >= 11 is 0. The standard InChI is InChI=1S/C16H18O2/c1-12-8-9-13(2)15(10-12)16(17,18)11-14-6-4-3-5-7-14/h3-10,17-18H,11H2,1-2H3. The first-order valence-electron chi connectivity index (χ1n) is 6.05. The van der Waals surface area contributed by atoms with Crippen LogP contribution in [-0.2, 0) is 12.2 Å². The molecule has 0 atom stereocenters. The topological polar surface area (TPSA) is 40.5 Å². The lowest BCUT2D eigenvalue weighted by Gasteiger charge is -2.24. The number of rotatable bonds is 3. The molecule has 0 bridgehead atoms. The first-order valence-corrected chi connectivity index (χ1v) is 6.05. The molecule has 0 heterocycles. The molecule has 18 heavy (non-hydrogen) atoms. The van der Waals surface area contributed by atoms with Crippen molar-refractivity contribution in [1.29, 1.82) is 0 Å². The Morgan fingerprint density at radius 1 is 0.944 bits per heavy atom. The van der Waals surface area contributed by atoms with Crippen LogP contribution in [0, 0.1) is 13.8 Å². The fraction of sp³-hybridized carbons (Fsp3) is 0.250. The minimum Gasteiger partial charge on any atom is -0.362 e. The second-order valence-electron chi connectivity index (χ2n) is 4.80. The van der Waals surface area contributed by atoms with E-state index in [0.717, 1.165) is 16.7 Å². The molecule has 0 unspecified atom stereocenters. The number of aliphatic hydroxyl groups is 2. The third-order valence-corrected chi connectivity index (χ3v) is 3.12. The molecule has 0 aliphatic carbocycles. The van der Waals surface area contributed by atoms with Gasteiger partial charge in [0.15, 0.2) is 5.79 Å². The molecule has 0 aliphatic heterocycles. The second-order valence-corrected chi connectivity index (χ2v) is 4.80. The van der Waals surface area contributed by atoms with Crippen molar-refractivity contribution >= 4 is 0 Å². The van der Waals surface area contributed by atoms with E-state index in [1.165, 1.54) is 0 Å². The van der Waals surface area contributed by atoms with Gasteiger partial charge in [-0.05, 0) is 25.0 Å². The van der Waals surface area contributed by atoms with E-state index in [9.17, 15) is 10.2 Å². The summed E-state index contributed by atoms with van der Waals surface area (Å²) in [6.07, 6.45) is 0.193. The second kappa shape index (κ2) is 4.92. The van der Waals surface area contributed by atoms with Crippen molar-refractivity contribution in [3.05, 3.63) is 70.8 Å². The molecule has 0 amide bonds. The van der Waals surface area contributed by atoms with Crippen LogP contribution in [0.1, 0.15) is 22.3 Å². The summed E-state index contributed by atoms with van der Waals surface area (Å²) in [7, 11) is 0. The maximum absolute atomic E-state index is 10.3. The molecule has 0 aromatic heterocycles. The van der Waals surface area contributed by atoms with E-state index in [4.69, 9.17) is 0 Å². The summed E-state index contributed by atoms with van der Waals surface area (Å²) in [6, 6.07) is 15.2. The van der Waals surface area contributed by atoms with Crippen LogP contribution in [0.25, 0.3) is 0 Å². The first-order chi connectivity index (χ1) is 8.49. The van der Waals surface area contributed by atoms with E-state index < -0.39 is 5.79 Å². The normalized spacial score (nSPS) is 11.6. The number of hydrogen-bond donors (Lipinski definition) is 2. The third kappa shape index (κ3) is 2.78. The highest BCUT2D eigenvalue weighted by molar-refractivity contribution is 5.34. The van der Waals surface area contributed by atoms with E-state index in [1.54, 1.807) is 0 Å². The third-order valence-electron chi connectivity index (χ3n) is 3.12. The predicted octanol–water partition coefficient (Wildman–Crippen LogP) is 2.68. The van der Waals surface area contributed by atoms with Crippen molar-refractivity contribution < 1.29 is 10.2 Å². The van der Waals surface area contributed by atoms with E-state index in [-0.39, 0.29) is 6.42 Å². The Morgan fingerprint density at radius 3 is 2.28 bits per heavy atom. The molecule has 0 saturated heterocycles. The fourth-order valence-corrected chi connectivity index (χ4v) is 2.14. The zero-order valence-corrected chi connectivity index (χ0v) is 10.7. The summed E-state index contributed by atoms with van der Waals surface area (Å²) in [5.74, 6) is -1.82. The zero-order valence-electron chi connectivity index (χ0n) is 10.7. The highest BCUT2D eigenvalue weighted by Crippen LogP contribution is 2.26. The SMILES string of the molecule is Cc1ccc(C)c(C(O)(O)Cc2ccccc2)c1. The molecule has 2 aromatic rings. The van der Waals surface area contributed by atoms with Crippen molar-refractivity contribution in [2.24, 2.45) is 0 Å². The summed E-state index contributed by atoms with van der Waals surface area (Å²) in [4.78, 5) is 0. The highest BCUT2D eigenvalue weighted by atomic mass is 16.5. The molecule has 2 N–H and O–H groups in total. The Labute approximate surface area is 108 Å². The van der Waals surface area contributed by atoms with Crippen LogP contribution in [0.4, 0.5) is 0 Å². The number of benzene rings is 2. The Morgan fingerprint density at radius 2 is 1.61 bits per heavy atom. The molecule has 0 spiro atoms. The smallest absolute Gasteiger partial charge is 0.194 e. The molecular weight excluding hydrogens is 224 g/mol. The van der Waals surface area contributed by atoms with Gasteiger partial charge in [0.2, 0.25) is 0 Å². The highest BCUT2D eigenvalue weighted by Gasteiger charge is 2.27. The average Bonchev–Trinajstić information content (AvgIpc) is 2.33. The van der Waals surface area contributed by atoms with Gasteiger partial charge < -0.3 is 10.2 Å². The Hall–Kier alpha value is -1.64. The van der Waals surface area contributed by atoms with Crippen LogP contribution < -0.4 is 0 Å². The monoisotopic (exact) mass is 242 g/mol. The number of aryl methyl sites for hydroxylation is 2. The van der Waals surface area contributed by atoms with E-state index in [2.05, 4.69) is 0 Å². The Kier molecular flexibility index (Phi) is 3.50. The van der Waals surface area contributed by atoms with Crippen LogP contribution in [0.15, 0.2) is 48.5 Å². The zero-order chi connectivity index (χ0) is 13.2. The Balaban J connectivity index is 2.33. The molecule has 0 radical (unpaired) electrons. The lowest BCUT2D eigenvalue weighted by atomic mass is 9.93. The van der Waals surface area contributed by atoms with Crippen molar-refractivity contribution in [2.45, 2.75) is 26.1 Å². The van der Waals surface area contributed by atoms with Gasteiger partial charge in [0.25, 0.3) is 0 Å². The van der Waals surface area contributed by atoms with Crippen LogP contribution in [0.5, 0.6) is 0 Å². The first kappa shape index (κ1) is 12.8. The van der Waals surface area contributed by atoms with Gasteiger partial charge in [-0.3, -0.25) is 0 Å². The molecule has 0 saturated carbocycles. The van der Waals surface area contributed by atoms with Crippen molar-refractivity contribution in [3.63, 3.8) is 0 Å². The van der Waals surface area contributed by atoms with Gasteiger partial charge in [-0.25, -0.2) is 0 Å². The summed E-state index contributed by atoms with van der Waals surface area (Å²) < 4.78 is 0. The molecule has 2 rings (SSSR count). The van der Waals surface area contributed by atoms with Crippen LogP contribution in [0.2, 0.25) is 0 Å². The largest absolute Gasteiger partial charge is 0.362 e. The minimum absolute atomic E-state index is 0.193. The molecule has 2 nitrogen and oxygen atoms in total. The molecule has 0 fully saturated rings. The molecule has 94 valence electrons. The van der Waals surface area contributed by atoms with E-state index in [0.29, 0.717) is 5.56 Å². The van der Waals surface area contributed by atoms with Gasteiger partial charge in [-0.15, -0.1) is 0 Å². The molecule has 2 aromatic carbocycles.